The van der Waals surface area contributed by atoms with E-state index in [-0.39, 0.29) is 18.4 Å². The first kappa shape index (κ1) is 24.8. The fraction of sp³-hybridized carbons (Fsp3) is 0.500. The maximum absolute atomic E-state index is 13.6. The molecule has 10 nitrogen and oxygen atoms in total. The highest BCUT2D eigenvalue weighted by molar-refractivity contribution is 7.18. The van der Waals surface area contributed by atoms with Crippen molar-refractivity contribution in [3.63, 3.8) is 0 Å². The molecule has 6 rings (SSSR count). The van der Waals surface area contributed by atoms with Crippen molar-refractivity contribution in [1.82, 2.24) is 30.8 Å². The molecule has 0 spiro atoms. The van der Waals surface area contributed by atoms with Crippen molar-refractivity contribution in [2.45, 2.75) is 55.4 Å². The van der Waals surface area contributed by atoms with Crippen molar-refractivity contribution in [2.24, 2.45) is 5.92 Å². The molecule has 2 aliphatic heterocycles. The van der Waals surface area contributed by atoms with Gasteiger partial charge in [-0.2, -0.15) is 0 Å². The first-order valence-corrected chi connectivity index (χ1v) is 13.6. The molecule has 3 aliphatic rings. The van der Waals surface area contributed by atoms with Gasteiger partial charge in [-0.05, 0) is 37.1 Å². The minimum atomic E-state index is -1.04. The van der Waals surface area contributed by atoms with Gasteiger partial charge in [0.05, 0.1) is 28.6 Å². The molecule has 37 heavy (non-hydrogen) atoms. The van der Waals surface area contributed by atoms with E-state index in [4.69, 9.17) is 4.98 Å². The summed E-state index contributed by atoms with van der Waals surface area (Å²) in [6, 6.07) is 13.3. The Morgan fingerprint density at radius 2 is 1.97 bits per heavy atom. The zero-order chi connectivity index (χ0) is 25.5. The zero-order valence-electron chi connectivity index (χ0n) is 20.3. The van der Waals surface area contributed by atoms with Crippen LogP contribution in [0, 0.1) is 5.92 Å². The van der Waals surface area contributed by atoms with E-state index in [1.165, 1.54) is 11.3 Å². The number of aliphatic hydroxyl groups excluding tert-OH is 3. The fourth-order valence-corrected chi connectivity index (χ4v) is 6.99. The Kier molecular flexibility index (Phi) is 6.93. The van der Waals surface area contributed by atoms with Crippen LogP contribution < -0.4 is 16.0 Å². The average molecular weight is 525 g/mol. The monoisotopic (exact) mass is 524 g/mol. The summed E-state index contributed by atoms with van der Waals surface area (Å²) in [6.45, 7) is 1.35. The standard InChI is InChI=1S/C26H32N6O4S/c33-13-15-11-18(22(35)21(15)34)28-23-20(25-29-17-6-1-2-7-19(17)37-25)24(36)31-26(30-23)32-10-8-14(12-32)16-5-3-4-9-27-16/h1-7,9,14-15,18,20-23,26,28,30,33-35H,8,10-13H2,(H,31,36)/t14?,15-,18-,20?,21-,22+,23?,26?/m1/s1. The molecule has 3 fully saturated rings. The second-order valence-corrected chi connectivity index (χ2v) is 11.3. The van der Waals surface area contributed by atoms with Crippen LogP contribution in [0.2, 0.25) is 0 Å². The van der Waals surface area contributed by atoms with Gasteiger partial charge >= 0.3 is 0 Å². The molecule has 4 unspecified atom stereocenters. The Morgan fingerprint density at radius 3 is 2.73 bits per heavy atom. The van der Waals surface area contributed by atoms with E-state index in [0.717, 1.165) is 35.4 Å². The number of carbonyl (C=O) groups excluding carboxylic acids is 1. The molecule has 1 amide bonds. The fourth-order valence-electron chi connectivity index (χ4n) is 5.89. The van der Waals surface area contributed by atoms with E-state index >= 15 is 0 Å². The maximum atomic E-state index is 13.6. The molecule has 3 aromatic rings. The van der Waals surface area contributed by atoms with E-state index < -0.39 is 42.5 Å². The highest BCUT2D eigenvalue weighted by atomic mass is 32.1. The van der Waals surface area contributed by atoms with Crippen LogP contribution in [-0.4, -0.2) is 86.5 Å². The number of fused-ring (bicyclic) bond motifs is 1. The van der Waals surface area contributed by atoms with Gasteiger partial charge in [-0.3, -0.25) is 25.3 Å². The number of nitrogens with zero attached hydrogens (tertiary/aromatic N) is 3. The molecule has 1 aromatic carbocycles. The van der Waals surface area contributed by atoms with Crippen molar-refractivity contribution in [1.29, 1.82) is 0 Å². The van der Waals surface area contributed by atoms with E-state index in [9.17, 15) is 20.1 Å². The van der Waals surface area contributed by atoms with Crippen molar-refractivity contribution in [3.05, 3.63) is 59.4 Å². The normalized spacial score (nSPS) is 34.7. The summed E-state index contributed by atoms with van der Waals surface area (Å²) in [4.78, 5) is 25.1. The van der Waals surface area contributed by atoms with Gasteiger partial charge in [0.25, 0.3) is 0 Å². The minimum Gasteiger partial charge on any atom is -0.396 e. The molecule has 0 radical (unpaired) electrons. The summed E-state index contributed by atoms with van der Waals surface area (Å²) in [5.74, 6) is -0.904. The lowest BCUT2D eigenvalue weighted by atomic mass is 10.0. The molecule has 8 atom stereocenters. The number of para-hydroxylation sites is 1. The van der Waals surface area contributed by atoms with Gasteiger partial charge in [0.1, 0.15) is 17.2 Å². The molecule has 1 saturated carbocycles. The number of carbonyl (C=O) groups is 1. The molecule has 2 saturated heterocycles. The Morgan fingerprint density at radius 1 is 1.14 bits per heavy atom. The number of aromatic nitrogens is 2. The molecule has 11 heteroatoms. The van der Waals surface area contributed by atoms with Gasteiger partial charge in [-0.15, -0.1) is 11.3 Å². The predicted molar refractivity (Wildman–Crippen MR) is 139 cm³/mol. The summed E-state index contributed by atoms with van der Waals surface area (Å²) in [5.41, 5.74) is 1.89. The number of nitrogens with one attached hydrogen (secondary N) is 3. The number of thiazole rings is 1. The van der Waals surface area contributed by atoms with Gasteiger partial charge in [-0.25, -0.2) is 4.98 Å². The minimum absolute atomic E-state index is 0.145. The van der Waals surface area contributed by atoms with Crippen LogP contribution in [0.1, 0.15) is 35.4 Å². The number of hydrogen-bond donors (Lipinski definition) is 6. The van der Waals surface area contributed by atoms with Crippen molar-refractivity contribution >= 4 is 27.5 Å². The summed E-state index contributed by atoms with van der Waals surface area (Å²) in [6.07, 6.45) is 0.159. The third-order valence-corrected chi connectivity index (χ3v) is 9.05. The lowest BCUT2D eigenvalue weighted by molar-refractivity contribution is -0.129. The molecule has 2 aromatic heterocycles. The van der Waals surface area contributed by atoms with Gasteiger partial charge in [-0.1, -0.05) is 18.2 Å². The second kappa shape index (κ2) is 10.3. The molecule has 0 bridgehead atoms. The number of aliphatic hydroxyl groups is 3. The van der Waals surface area contributed by atoms with Gasteiger partial charge < -0.3 is 20.6 Å². The summed E-state index contributed by atoms with van der Waals surface area (Å²) in [5, 5.41) is 41.5. The van der Waals surface area contributed by atoms with E-state index in [1.807, 2.05) is 48.7 Å². The smallest absolute Gasteiger partial charge is 0.235 e. The van der Waals surface area contributed by atoms with Crippen molar-refractivity contribution in [3.8, 4) is 0 Å². The van der Waals surface area contributed by atoms with Crippen LogP contribution in [0.5, 0.6) is 0 Å². The van der Waals surface area contributed by atoms with E-state index in [0.29, 0.717) is 11.4 Å². The summed E-state index contributed by atoms with van der Waals surface area (Å²) in [7, 11) is 0. The largest absolute Gasteiger partial charge is 0.396 e. The van der Waals surface area contributed by atoms with Crippen LogP contribution in [0.25, 0.3) is 10.2 Å². The number of benzene rings is 1. The van der Waals surface area contributed by atoms with Crippen LogP contribution in [0.3, 0.4) is 0 Å². The lowest BCUT2D eigenvalue weighted by Crippen LogP contribution is -2.70. The molecular formula is C26H32N6O4S. The Bertz CT molecular complexity index is 1210. The Balaban J connectivity index is 1.25. The predicted octanol–water partition coefficient (Wildman–Crippen LogP) is 0.286. The Labute approximate surface area is 218 Å². The number of pyridine rings is 1. The Hall–Kier alpha value is -2.51. The SMILES string of the molecule is O=C1NC(N2CCC(c3ccccn3)C2)NC(N[C@@H]2C[C@H](CO)[C@@H](O)[C@H]2O)C1c1nc2ccccc2s1. The van der Waals surface area contributed by atoms with E-state index in [1.54, 1.807) is 0 Å². The third-order valence-electron chi connectivity index (χ3n) is 7.93. The second-order valence-electron chi connectivity index (χ2n) is 10.2. The highest BCUT2D eigenvalue weighted by Gasteiger charge is 2.47. The maximum Gasteiger partial charge on any atom is 0.235 e. The topological polar surface area (TPSA) is 143 Å². The van der Waals surface area contributed by atoms with Crippen LogP contribution in [0.15, 0.2) is 48.7 Å². The first-order valence-electron chi connectivity index (χ1n) is 12.8. The summed E-state index contributed by atoms with van der Waals surface area (Å²) >= 11 is 1.48. The molecule has 196 valence electrons. The van der Waals surface area contributed by atoms with Crippen molar-refractivity contribution in [2.75, 3.05) is 19.7 Å². The van der Waals surface area contributed by atoms with Gasteiger partial charge in [0.15, 0.2) is 0 Å². The molecule has 1 aliphatic carbocycles. The average Bonchev–Trinajstić information content (AvgIpc) is 3.63. The first-order chi connectivity index (χ1) is 18.0. The van der Waals surface area contributed by atoms with Crippen LogP contribution >= 0.6 is 11.3 Å². The molecule has 6 N–H and O–H groups in total. The third kappa shape index (κ3) is 4.76. The quantitative estimate of drug-likeness (QED) is 0.268. The van der Waals surface area contributed by atoms with E-state index in [2.05, 4.69) is 25.8 Å². The number of hydrogen-bond acceptors (Lipinski definition) is 10. The molecular weight excluding hydrogens is 492 g/mol. The number of amides is 1. The molecule has 4 heterocycles. The zero-order valence-corrected chi connectivity index (χ0v) is 21.1. The number of rotatable bonds is 6. The van der Waals surface area contributed by atoms with Crippen LogP contribution in [-0.2, 0) is 4.79 Å². The highest BCUT2D eigenvalue weighted by Crippen LogP contribution is 2.34. The number of likely N-dealkylation sites (tertiary alicyclic amines) is 1. The van der Waals surface area contributed by atoms with Crippen LogP contribution in [0.4, 0.5) is 0 Å². The van der Waals surface area contributed by atoms with Crippen molar-refractivity contribution < 1.29 is 20.1 Å². The summed E-state index contributed by atoms with van der Waals surface area (Å²) < 4.78 is 1.00. The van der Waals surface area contributed by atoms with Gasteiger partial charge in [0, 0.05) is 49.5 Å². The van der Waals surface area contributed by atoms with Gasteiger partial charge in [0.2, 0.25) is 5.91 Å². The lowest BCUT2D eigenvalue weighted by Gasteiger charge is -2.42.